The molecule has 1 aliphatic rings. The van der Waals surface area contributed by atoms with Gasteiger partial charge in [0.15, 0.2) is 11.5 Å². The summed E-state index contributed by atoms with van der Waals surface area (Å²) in [4.78, 5) is 0. The lowest BCUT2D eigenvalue weighted by Crippen LogP contribution is -2.27. The topological polar surface area (TPSA) is 30.5 Å². The molecule has 1 heterocycles. The van der Waals surface area contributed by atoms with Crippen LogP contribution >= 0.6 is 0 Å². The second kappa shape index (κ2) is 6.10. The molecule has 1 aromatic carbocycles. The van der Waals surface area contributed by atoms with Gasteiger partial charge in [-0.15, -0.1) is 0 Å². The van der Waals surface area contributed by atoms with Gasteiger partial charge in [0.05, 0.1) is 0 Å². The normalized spacial score (nSPS) is 16.6. The van der Waals surface area contributed by atoms with Crippen LogP contribution in [0.1, 0.15) is 39.2 Å². The Bertz CT molecular complexity index is 392. The van der Waals surface area contributed by atoms with Gasteiger partial charge in [-0.3, -0.25) is 0 Å². The lowest BCUT2D eigenvalue weighted by Gasteiger charge is -2.18. The first-order valence-electron chi connectivity index (χ1n) is 6.81. The lowest BCUT2D eigenvalue weighted by atomic mass is 10.0. The molecule has 0 aromatic heterocycles. The molecule has 2 atom stereocenters. The zero-order valence-corrected chi connectivity index (χ0v) is 11.5. The highest BCUT2D eigenvalue weighted by Gasteiger charge is 2.17. The molecule has 18 heavy (non-hydrogen) atoms. The van der Waals surface area contributed by atoms with Crippen molar-refractivity contribution in [1.29, 1.82) is 0 Å². The third-order valence-corrected chi connectivity index (χ3v) is 3.57. The Morgan fingerprint density at radius 1 is 1.28 bits per heavy atom. The zero-order chi connectivity index (χ0) is 13.0. The Kier molecular flexibility index (Phi) is 4.48. The second-order valence-corrected chi connectivity index (χ2v) is 5.18. The molecule has 2 unspecified atom stereocenters. The Labute approximate surface area is 109 Å². The van der Waals surface area contributed by atoms with Crippen LogP contribution in [0.4, 0.5) is 0 Å². The fourth-order valence-electron chi connectivity index (χ4n) is 2.27. The van der Waals surface area contributed by atoms with Crippen LogP contribution in [-0.2, 0) is 6.54 Å². The summed E-state index contributed by atoms with van der Waals surface area (Å²) in [5, 5.41) is 3.56. The van der Waals surface area contributed by atoms with Crippen molar-refractivity contribution in [3.8, 4) is 11.5 Å². The van der Waals surface area contributed by atoms with Crippen LogP contribution in [0.25, 0.3) is 0 Å². The third kappa shape index (κ3) is 3.16. The molecule has 0 amide bonds. The zero-order valence-electron chi connectivity index (χ0n) is 11.5. The number of rotatable bonds is 6. The number of benzene rings is 1. The van der Waals surface area contributed by atoms with E-state index in [0.29, 0.717) is 12.8 Å². The second-order valence-electron chi connectivity index (χ2n) is 5.18. The molecule has 3 heteroatoms. The van der Waals surface area contributed by atoms with E-state index in [1.54, 1.807) is 0 Å². The van der Waals surface area contributed by atoms with Crippen molar-refractivity contribution >= 4 is 0 Å². The van der Waals surface area contributed by atoms with Gasteiger partial charge in [-0.2, -0.15) is 0 Å². The van der Waals surface area contributed by atoms with Crippen molar-refractivity contribution in [3.63, 3.8) is 0 Å². The van der Waals surface area contributed by atoms with Crippen LogP contribution in [0.3, 0.4) is 0 Å². The monoisotopic (exact) mass is 249 g/mol. The standard InChI is InChI=1S/C15H23NO2/c1-4-11(2)8-12(3)16-9-13-6-5-7-14-15(13)18-10-17-14/h5-7,11-12,16H,4,8-10H2,1-3H3. The first kappa shape index (κ1) is 13.2. The van der Waals surface area contributed by atoms with Gasteiger partial charge in [0.1, 0.15) is 0 Å². The average Bonchev–Trinajstić information content (AvgIpc) is 2.84. The molecule has 0 radical (unpaired) electrons. The number of ether oxygens (including phenoxy) is 2. The number of hydrogen-bond donors (Lipinski definition) is 1. The van der Waals surface area contributed by atoms with Gasteiger partial charge in [-0.25, -0.2) is 0 Å². The first-order chi connectivity index (χ1) is 8.70. The van der Waals surface area contributed by atoms with Crippen LogP contribution in [0.5, 0.6) is 11.5 Å². The number of hydrogen-bond acceptors (Lipinski definition) is 3. The Morgan fingerprint density at radius 3 is 2.89 bits per heavy atom. The van der Waals surface area contributed by atoms with Crippen molar-refractivity contribution in [2.75, 3.05) is 6.79 Å². The molecule has 2 rings (SSSR count). The van der Waals surface area contributed by atoms with E-state index in [1.165, 1.54) is 18.4 Å². The summed E-state index contributed by atoms with van der Waals surface area (Å²) in [5.41, 5.74) is 1.18. The Balaban J connectivity index is 1.89. The molecule has 1 aliphatic heterocycles. The molecular formula is C15H23NO2. The number of para-hydroxylation sites is 1. The van der Waals surface area contributed by atoms with Crippen LogP contribution in [0.15, 0.2) is 18.2 Å². The van der Waals surface area contributed by atoms with E-state index in [4.69, 9.17) is 9.47 Å². The minimum absolute atomic E-state index is 0.342. The molecular weight excluding hydrogens is 226 g/mol. The first-order valence-corrected chi connectivity index (χ1v) is 6.81. The maximum Gasteiger partial charge on any atom is 0.231 e. The van der Waals surface area contributed by atoms with Gasteiger partial charge >= 0.3 is 0 Å². The van der Waals surface area contributed by atoms with Gasteiger partial charge in [0, 0.05) is 18.2 Å². The van der Waals surface area contributed by atoms with Crippen LogP contribution in [-0.4, -0.2) is 12.8 Å². The number of nitrogens with one attached hydrogen (secondary N) is 1. The van der Waals surface area contributed by atoms with Crippen LogP contribution < -0.4 is 14.8 Å². The molecule has 0 saturated carbocycles. The molecule has 0 fully saturated rings. The fourth-order valence-corrected chi connectivity index (χ4v) is 2.27. The van der Waals surface area contributed by atoms with Crippen molar-refractivity contribution in [1.82, 2.24) is 5.32 Å². The quantitative estimate of drug-likeness (QED) is 0.839. The summed E-state index contributed by atoms with van der Waals surface area (Å²) < 4.78 is 10.9. The highest BCUT2D eigenvalue weighted by Crippen LogP contribution is 2.35. The maximum atomic E-state index is 5.50. The van der Waals surface area contributed by atoms with Crippen LogP contribution in [0.2, 0.25) is 0 Å². The summed E-state index contributed by atoms with van der Waals surface area (Å²) in [6.07, 6.45) is 2.45. The van der Waals surface area contributed by atoms with Crippen molar-refractivity contribution in [2.45, 2.75) is 46.2 Å². The van der Waals surface area contributed by atoms with Crippen molar-refractivity contribution in [3.05, 3.63) is 23.8 Å². The SMILES string of the molecule is CCC(C)CC(C)NCc1cccc2c1OCO2. The minimum atomic E-state index is 0.342. The third-order valence-electron chi connectivity index (χ3n) is 3.57. The van der Waals surface area contributed by atoms with Gasteiger partial charge < -0.3 is 14.8 Å². The Morgan fingerprint density at radius 2 is 2.11 bits per heavy atom. The summed E-state index contributed by atoms with van der Waals surface area (Å²) in [6.45, 7) is 7.97. The minimum Gasteiger partial charge on any atom is -0.454 e. The fraction of sp³-hybridized carbons (Fsp3) is 0.600. The molecule has 0 spiro atoms. The molecule has 0 bridgehead atoms. The highest BCUT2D eigenvalue weighted by molar-refractivity contribution is 5.48. The van der Waals surface area contributed by atoms with E-state index in [9.17, 15) is 0 Å². The smallest absolute Gasteiger partial charge is 0.231 e. The molecule has 0 saturated heterocycles. The molecule has 1 aromatic rings. The largest absolute Gasteiger partial charge is 0.454 e. The Hall–Kier alpha value is -1.22. The average molecular weight is 249 g/mol. The molecule has 1 N–H and O–H groups in total. The van der Waals surface area contributed by atoms with Gasteiger partial charge in [0.25, 0.3) is 0 Å². The molecule has 100 valence electrons. The van der Waals surface area contributed by atoms with Gasteiger partial charge in [-0.1, -0.05) is 32.4 Å². The van der Waals surface area contributed by atoms with E-state index < -0.39 is 0 Å². The maximum absolute atomic E-state index is 5.50. The van der Waals surface area contributed by atoms with E-state index in [1.807, 2.05) is 12.1 Å². The van der Waals surface area contributed by atoms with Gasteiger partial charge in [-0.05, 0) is 25.3 Å². The molecule has 3 nitrogen and oxygen atoms in total. The van der Waals surface area contributed by atoms with E-state index in [2.05, 4.69) is 32.2 Å². The summed E-state index contributed by atoms with van der Waals surface area (Å²) in [6, 6.07) is 6.59. The van der Waals surface area contributed by atoms with E-state index >= 15 is 0 Å². The summed E-state index contributed by atoms with van der Waals surface area (Å²) in [7, 11) is 0. The summed E-state index contributed by atoms with van der Waals surface area (Å²) >= 11 is 0. The summed E-state index contributed by atoms with van der Waals surface area (Å²) in [5.74, 6) is 2.54. The lowest BCUT2D eigenvalue weighted by molar-refractivity contribution is 0.173. The predicted molar refractivity (Wildman–Crippen MR) is 72.9 cm³/mol. The number of fused-ring (bicyclic) bond motifs is 1. The predicted octanol–water partition coefficient (Wildman–Crippen LogP) is 3.33. The van der Waals surface area contributed by atoms with Crippen molar-refractivity contribution < 1.29 is 9.47 Å². The van der Waals surface area contributed by atoms with Crippen molar-refractivity contribution in [2.24, 2.45) is 5.92 Å². The molecule has 0 aliphatic carbocycles. The van der Waals surface area contributed by atoms with E-state index in [-0.39, 0.29) is 0 Å². The van der Waals surface area contributed by atoms with E-state index in [0.717, 1.165) is 24.0 Å². The van der Waals surface area contributed by atoms with Crippen LogP contribution in [0, 0.1) is 5.92 Å². The highest BCUT2D eigenvalue weighted by atomic mass is 16.7. The van der Waals surface area contributed by atoms with Gasteiger partial charge in [0.2, 0.25) is 6.79 Å².